The van der Waals surface area contributed by atoms with Crippen molar-refractivity contribution in [2.24, 2.45) is 10.2 Å². The van der Waals surface area contributed by atoms with E-state index in [4.69, 9.17) is 32.2 Å². The molecule has 4 aromatic rings. The zero-order chi connectivity index (χ0) is 17.9. The highest BCUT2D eigenvalue weighted by Gasteiger charge is 2.21. The molecule has 0 saturated heterocycles. The van der Waals surface area contributed by atoms with Gasteiger partial charge in [-0.2, -0.15) is 9.97 Å². The summed E-state index contributed by atoms with van der Waals surface area (Å²) < 4.78 is 19.0. The van der Waals surface area contributed by atoms with E-state index < -0.39 is 0 Å². The lowest BCUT2D eigenvalue weighted by molar-refractivity contribution is 0.308. The van der Waals surface area contributed by atoms with Crippen LogP contribution in [0, 0.1) is 0 Å². The Morgan fingerprint density at radius 3 is 1.50 bits per heavy atom. The lowest BCUT2D eigenvalue weighted by atomic mass is 10.4. The Balaban J connectivity index is 1.62. The lowest BCUT2D eigenvalue weighted by Gasteiger charge is -1.86. The topological polar surface area (TPSA) is 180 Å². The van der Waals surface area contributed by atoms with Crippen LogP contribution in [0.1, 0.15) is 11.8 Å². The van der Waals surface area contributed by atoms with E-state index in [1.807, 2.05) is 0 Å². The molecule has 0 aliphatic heterocycles. The van der Waals surface area contributed by atoms with Crippen molar-refractivity contribution in [1.29, 1.82) is 0 Å². The maximum Gasteiger partial charge on any atom is 0.249 e. The van der Waals surface area contributed by atoms with Crippen molar-refractivity contribution in [1.82, 2.24) is 40.9 Å². The molecule has 0 fully saturated rings. The van der Waals surface area contributed by atoms with E-state index >= 15 is 0 Å². The molecule has 0 aliphatic carbocycles. The zero-order valence-corrected chi connectivity index (χ0v) is 13.8. The van der Waals surface area contributed by atoms with Crippen LogP contribution in [0.25, 0.3) is 23.0 Å². The van der Waals surface area contributed by atoms with E-state index in [2.05, 4.69) is 60.4 Å². The van der Waals surface area contributed by atoms with Crippen LogP contribution in [-0.4, -0.2) is 40.9 Å². The van der Waals surface area contributed by atoms with Crippen molar-refractivity contribution in [2.75, 3.05) is 0 Å². The van der Waals surface area contributed by atoms with Crippen LogP contribution in [0.4, 0.5) is 11.6 Å². The molecule has 14 nitrogen and oxygen atoms in total. The van der Waals surface area contributed by atoms with E-state index in [0.717, 1.165) is 0 Å². The Kier molecular flexibility index (Phi) is 4.32. The number of hydrogen-bond donors (Lipinski definition) is 0. The summed E-state index contributed by atoms with van der Waals surface area (Å²) in [7, 11) is 0. The summed E-state index contributed by atoms with van der Waals surface area (Å²) in [6.45, 7) is 0. The fraction of sp³-hybridized carbons (Fsp3) is 0.200. The minimum absolute atomic E-state index is 0.0320. The number of rotatable bonds is 6. The molecule has 0 bridgehead atoms. The average Bonchev–Trinajstić information content (AvgIpc) is 3.46. The third-order valence-electron chi connectivity index (χ3n) is 2.77. The van der Waals surface area contributed by atoms with Gasteiger partial charge in [0, 0.05) is 0 Å². The first-order valence-electron chi connectivity index (χ1n) is 6.63. The van der Waals surface area contributed by atoms with Crippen LogP contribution in [0.3, 0.4) is 0 Å². The third kappa shape index (κ3) is 3.02. The fourth-order valence-electron chi connectivity index (χ4n) is 1.69. The second kappa shape index (κ2) is 6.93. The molecule has 16 heteroatoms. The minimum Gasteiger partial charge on any atom is -0.338 e. The Morgan fingerprint density at radius 1 is 0.654 bits per heavy atom. The smallest absolute Gasteiger partial charge is 0.249 e. The quantitative estimate of drug-likeness (QED) is 0.342. The molecule has 0 amide bonds. The molecule has 0 radical (unpaired) electrons. The molecule has 26 heavy (non-hydrogen) atoms. The van der Waals surface area contributed by atoms with Crippen molar-refractivity contribution in [3.63, 3.8) is 0 Å². The maximum absolute atomic E-state index is 5.61. The second-order valence-electron chi connectivity index (χ2n) is 4.36. The summed E-state index contributed by atoms with van der Waals surface area (Å²) in [5.41, 5.74) is 0.187. The summed E-state index contributed by atoms with van der Waals surface area (Å²) in [6.07, 6.45) is 0. The van der Waals surface area contributed by atoms with Crippen molar-refractivity contribution in [2.45, 2.75) is 11.8 Å². The second-order valence-corrected chi connectivity index (χ2v) is 4.90. The first-order valence-corrected chi connectivity index (χ1v) is 7.70. The number of hydrogen-bond acceptors (Lipinski definition) is 14. The van der Waals surface area contributed by atoms with Crippen LogP contribution in [0.5, 0.6) is 0 Å². The Labute approximate surface area is 151 Å². The highest BCUT2D eigenvalue weighted by atomic mass is 35.5. The monoisotopic (exact) mass is 398 g/mol. The van der Waals surface area contributed by atoms with Gasteiger partial charge in [-0.05, 0) is 20.6 Å². The van der Waals surface area contributed by atoms with E-state index in [9.17, 15) is 0 Å². The fourth-order valence-corrected chi connectivity index (χ4v) is 1.90. The molecule has 0 aliphatic rings. The van der Waals surface area contributed by atoms with E-state index in [1.165, 1.54) is 0 Å². The molecule has 0 unspecified atom stereocenters. The molecule has 132 valence electrons. The standard InChI is InChI=1S/C10H4Cl2N10O4/c11-1-3-13-7(19-23-3)5-9(21-25-17-5)15-16-10-6(18-26-22-10)8-14-4(2-12)24-20-8/h1-2H2. The van der Waals surface area contributed by atoms with Gasteiger partial charge in [-0.3, -0.25) is 0 Å². The number of nitrogens with zero attached hydrogens (tertiary/aromatic N) is 10. The van der Waals surface area contributed by atoms with Crippen LogP contribution >= 0.6 is 23.2 Å². The number of aromatic nitrogens is 8. The number of alkyl halides is 2. The van der Waals surface area contributed by atoms with Crippen LogP contribution in [0.2, 0.25) is 0 Å². The van der Waals surface area contributed by atoms with Crippen LogP contribution < -0.4 is 0 Å². The highest BCUT2D eigenvalue weighted by molar-refractivity contribution is 6.16. The van der Waals surface area contributed by atoms with Crippen molar-refractivity contribution < 1.29 is 18.3 Å². The summed E-state index contributed by atoms with van der Waals surface area (Å²) in [5.74, 6) is 0.575. The summed E-state index contributed by atoms with van der Waals surface area (Å²) in [5, 5.41) is 29.6. The molecule has 4 rings (SSSR count). The molecule has 0 aromatic carbocycles. The SMILES string of the molecule is ClCc1nc(-c2nonc2N=Nc2nonc2-c2noc(CCl)n2)no1. The van der Waals surface area contributed by atoms with E-state index in [0.29, 0.717) is 0 Å². The molecular formula is C10H4Cl2N10O4. The van der Waals surface area contributed by atoms with Gasteiger partial charge in [0.25, 0.3) is 0 Å². The summed E-state index contributed by atoms with van der Waals surface area (Å²) in [4.78, 5) is 7.98. The Morgan fingerprint density at radius 2 is 1.12 bits per heavy atom. The number of azo groups is 1. The van der Waals surface area contributed by atoms with Crippen molar-refractivity contribution in [3.05, 3.63) is 11.8 Å². The van der Waals surface area contributed by atoms with Gasteiger partial charge in [0.2, 0.25) is 46.5 Å². The van der Waals surface area contributed by atoms with Gasteiger partial charge >= 0.3 is 0 Å². The maximum atomic E-state index is 5.61. The Bertz CT molecular complexity index is 969. The normalized spacial score (nSPS) is 11.6. The predicted octanol–water partition coefficient (Wildman–Crippen LogP) is 2.45. The molecular weight excluding hydrogens is 395 g/mol. The van der Waals surface area contributed by atoms with Gasteiger partial charge in [-0.15, -0.1) is 33.4 Å². The van der Waals surface area contributed by atoms with Gasteiger partial charge in [0.15, 0.2) is 0 Å². The molecule has 4 aromatic heterocycles. The number of halogens is 2. The Hall–Kier alpha value is -3.26. The highest BCUT2D eigenvalue weighted by Crippen LogP contribution is 2.29. The van der Waals surface area contributed by atoms with Gasteiger partial charge in [-0.25, -0.2) is 9.26 Å². The first kappa shape index (κ1) is 16.2. The minimum atomic E-state index is -0.0320. The molecule has 0 atom stereocenters. The zero-order valence-electron chi connectivity index (χ0n) is 12.3. The van der Waals surface area contributed by atoms with Crippen molar-refractivity contribution >= 4 is 34.8 Å². The molecule has 0 N–H and O–H groups in total. The van der Waals surface area contributed by atoms with Gasteiger partial charge in [0.05, 0.1) is 0 Å². The predicted molar refractivity (Wildman–Crippen MR) is 78.5 cm³/mol. The molecule has 0 spiro atoms. The van der Waals surface area contributed by atoms with Gasteiger partial charge in [0.1, 0.15) is 11.8 Å². The van der Waals surface area contributed by atoms with Gasteiger partial charge < -0.3 is 9.05 Å². The summed E-state index contributed by atoms with van der Waals surface area (Å²) in [6, 6.07) is 0. The largest absolute Gasteiger partial charge is 0.338 e. The van der Waals surface area contributed by atoms with E-state index in [-0.39, 0.29) is 58.2 Å². The van der Waals surface area contributed by atoms with Crippen molar-refractivity contribution in [3.8, 4) is 23.0 Å². The van der Waals surface area contributed by atoms with Gasteiger partial charge in [-0.1, -0.05) is 10.3 Å². The lowest BCUT2D eigenvalue weighted by Crippen LogP contribution is -1.83. The average molecular weight is 399 g/mol. The van der Waals surface area contributed by atoms with Crippen LogP contribution in [-0.2, 0) is 11.8 Å². The molecule has 0 saturated carbocycles. The van der Waals surface area contributed by atoms with Crippen LogP contribution in [0.15, 0.2) is 28.5 Å². The molecule has 4 heterocycles. The third-order valence-corrected chi connectivity index (χ3v) is 3.23. The van der Waals surface area contributed by atoms with E-state index in [1.54, 1.807) is 0 Å². The first-order chi connectivity index (χ1) is 12.8. The summed E-state index contributed by atoms with van der Waals surface area (Å²) >= 11 is 11.2.